The van der Waals surface area contributed by atoms with Gasteiger partial charge in [0.2, 0.25) is 6.79 Å². The van der Waals surface area contributed by atoms with Crippen molar-refractivity contribution in [2.45, 2.75) is 6.42 Å². The smallest absolute Gasteiger partial charge is 0.231 e. The molecule has 0 saturated carbocycles. The van der Waals surface area contributed by atoms with Crippen molar-refractivity contribution >= 4 is 83.7 Å². The monoisotopic (exact) mass is 693 g/mol. The van der Waals surface area contributed by atoms with Crippen molar-refractivity contribution in [3.8, 4) is 34.5 Å². The molecular formula is C29H18Cl3N9O2S2. The van der Waals surface area contributed by atoms with Crippen LogP contribution in [0.1, 0.15) is 5.56 Å². The Morgan fingerprint density at radius 3 is 2.04 bits per heavy atom. The topological polar surface area (TPSA) is 134 Å². The molecule has 0 radical (unpaired) electrons. The Balaban J connectivity index is 0.000000163. The van der Waals surface area contributed by atoms with Crippen LogP contribution in [-0.2, 0) is 6.42 Å². The number of benzene rings is 1. The molecule has 1 aliphatic heterocycles. The minimum atomic E-state index is 0.278. The number of nitrogens with one attached hydrogen (secondary N) is 1. The predicted octanol–water partition coefficient (Wildman–Crippen LogP) is 7.64. The van der Waals surface area contributed by atoms with Crippen molar-refractivity contribution in [3.63, 3.8) is 0 Å². The van der Waals surface area contributed by atoms with E-state index in [0.717, 1.165) is 49.7 Å². The summed E-state index contributed by atoms with van der Waals surface area (Å²) in [5, 5.41) is 5.43. The molecule has 6 aromatic heterocycles. The summed E-state index contributed by atoms with van der Waals surface area (Å²) < 4.78 is 12.1. The number of anilines is 1. The Bertz CT molecular complexity index is 2130. The third kappa shape index (κ3) is 6.58. The van der Waals surface area contributed by atoms with Crippen LogP contribution in [0.15, 0.2) is 67.5 Å². The van der Waals surface area contributed by atoms with Crippen LogP contribution in [0.3, 0.4) is 0 Å². The van der Waals surface area contributed by atoms with Gasteiger partial charge < -0.3 is 14.8 Å². The Kier molecular flexibility index (Phi) is 8.50. The highest BCUT2D eigenvalue weighted by molar-refractivity contribution is 7.22. The molecule has 7 heterocycles. The molecule has 1 aliphatic rings. The highest BCUT2D eigenvalue weighted by Crippen LogP contribution is 2.35. The number of rotatable bonds is 6. The minimum Gasteiger partial charge on any atom is -0.454 e. The molecule has 1 aromatic carbocycles. The van der Waals surface area contributed by atoms with E-state index in [9.17, 15) is 0 Å². The maximum Gasteiger partial charge on any atom is 0.231 e. The summed E-state index contributed by atoms with van der Waals surface area (Å²) in [5.41, 5.74) is 2.35. The van der Waals surface area contributed by atoms with E-state index in [1.165, 1.54) is 22.7 Å². The van der Waals surface area contributed by atoms with Gasteiger partial charge in [-0.3, -0.25) is 9.97 Å². The van der Waals surface area contributed by atoms with E-state index in [4.69, 9.17) is 44.3 Å². The first-order chi connectivity index (χ1) is 22.0. The summed E-state index contributed by atoms with van der Waals surface area (Å²) in [7, 11) is 0. The van der Waals surface area contributed by atoms with E-state index in [1.807, 2.05) is 24.3 Å². The maximum absolute atomic E-state index is 6.21. The summed E-state index contributed by atoms with van der Waals surface area (Å²) >= 11 is 21.0. The number of ether oxygens (including phenoxy) is 2. The molecule has 0 atom stereocenters. The first-order valence-electron chi connectivity index (χ1n) is 13.2. The average molecular weight is 695 g/mol. The number of hydrogen-bond donors (Lipinski definition) is 1. The highest BCUT2D eigenvalue weighted by Gasteiger charge is 2.16. The molecule has 16 heteroatoms. The second-order valence-corrected chi connectivity index (χ2v) is 13.0. The highest BCUT2D eigenvalue weighted by atomic mass is 35.5. The fourth-order valence-electron chi connectivity index (χ4n) is 4.36. The second-order valence-electron chi connectivity index (χ2n) is 9.32. The van der Waals surface area contributed by atoms with Crippen molar-refractivity contribution in [1.29, 1.82) is 0 Å². The van der Waals surface area contributed by atoms with Crippen molar-refractivity contribution in [3.05, 3.63) is 86.9 Å². The minimum absolute atomic E-state index is 0.278. The number of nitrogens with zero attached hydrogens (tertiary/aromatic N) is 8. The zero-order valence-electron chi connectivity index (χ0n) is 22.8. The van der Waals surface area contributed by atoms with Gasteiger partial charge in [-0.1, -0.05) is 40.9 Å². The third-order valence-electron chi connectivity index (χ3n) is 6.41. The summed E-state index contributed by atoms with van der Waals surface area (Å²) in [6.45, 7) is 0.971. The van der Waals surface area contributed by atoms with Crippen molar-refractivity contribution < 1.29 is 9.47 Å². The van der Waals surface area contributed by atoms with Gasteiger partial charge in [0, 0.05) is 31.3 Å². The van der Waals surface area contributed by atoms with Gasteiger partial charge in [0.15, 0.2) is 23.1 Å². The van der Waals surface area contributed by atoms with Gasteiger partial charge in [0.25, 0.3) is 0 Å². The molecule has 1 N–H and O–H groups in total. The van der Waals surface area contributed by atoms with Crippen LogP contribution in [0, 0.1) is 0 Å². The Morgan fingerprint density at radius 1 is 0.711 bits per heavy atom. The molecule has 0 fully saturated rings. The second kappa shape index (κ2) is 13.0. The van der Waals surface area contributed by atoms with Crippen LogP contribution < -0.4 is 14.8 Å². The zero-order chi connectivity index (χ0) is 30.8. The lowest BCUT2D eigenvalue weighted by Crippen LogP contribution is -2.08. The lowest BCUT2D eigenvalue weighted by Gasteiger charge is -2.09. The first kappa shape index (κ1) is 29.4. The molecular weight excluding hydrogens is 677 g/mol. The maximum atomic E-state index is 6.21. The molecule has 0 saturated heterocycles. The molecule has 11 nitrogen and oxygen atoms in total. The van der Waals surface area contributed by atoms with Gasteiger partial charge >= 0.3 is 0 Å². The fourth-order valence-corrected chi connectivity index (χ4v) is 6.82. The molecule has 0 unspecified atom stereocenters. The largest absolute Gasteiger partial charge is 0.454 e. The fraction of sp³-hybridized carbons (Fsp3) is 0.103. The lowest BCUT2D eigenvalue weighted by atomic mass is 10.1. The molecule has 224 valence electrons. The Labute approximate surface area is 278 Å². The predicted molar refractivity (Wildman–Crippen MR) is 177 cm³/mol. The van der Waals surface area contributed by atoms with Gasteiger partial charge in [-0.15, -0.1) is 22.7 Å². The Morgan fingerprint density at radius 2 is 1.36 bits per heavy atom. The molecule has 7 aromatic rings. The number of thiophene rings is 2. The number of fused-ring (bicyclic) bond motifs is 3. The van der Waals surface area contributed by atoms with E-state index >= 15 is 0 Å². The summed E-state index contributed by atoms with van der Waals surface area (Å²) in [4.78, 5) is 35.8. The normalized spacial score (nSPS) is 11.9. The van der Waals surface area contributed by atoms with Gasteiger partial charge in [-0.2, -0.15) is 0 Å². The molecule has 45 heavy (non-hydrogen) atoms. The number of aromatic nitrogens is 8. The van der Waals surface area contributed by atoms with Crippen LogP contribution in [-0.4, -0.2) is 53.2 Å². The summed E-state index contributed by atoms with van der Waals surface area (Å²) in [6, 6.07) is 9.61. The number of hydrogen-bond acceptors (Lipinski definition) is 13. The van der Waals surface area contributed by atoms with Gasteiger partial charge in [-0.05, 0) is 36.2 Å². The van der Waals surface area contributed by atoms with Gasteiger partial charge in [0.1, 0.15) is 32.0 Å². The van der Waals surface area contributed by atoms with Crippen LogP contribution >= 0.6 is 57.5 Å². The van der Waals surface area contributed by atoms with E-state index < -0.39 is 0 Å². The van der Waals surface area contributed by atoms with Crippen LogP contribution in [0.5, 0.6) is 11.5 Å². The molecule has 0 spiro atoms. The molecule has 8 rings (SSSR count). The van der Waals surface area contributed by atoms with E-state index in [-0.39, 0.29) is 6.79 Å². The Hall–Kier alpha value is -4.27. The van der Waals surface area contributed by atoms with Crippen LogP contribution in [0.25, 0.3) is 43.5 Å². The van der Waals surface area contributed by atoms with Crippen LogP contribution in [0.2, 0.25) is 13.8 Å². The lowest BCUT2D eigenvalue weighted by molar-refractivity contribution is 0.174. The zero-order valence-corrected chi connectivity index (χ0v) is 26.7. The quantitative estimate of drug-likeness (QED) is 0.172. The van der Waals surface area contributed by atoms with E-state index in [0.29, 0.717) is 43.4 Å². The van der Waals surface area contributed by atoms with E-state index in [1.54, 1.807) is 43.2 Å². The SMILES string of the molecule is Clc1cc2c(Cl)nc(-c3cnccn3)nc2s1.Clc1cc2c(NCCc3ccc4c(c3)OCO4)nc(-c3cnccn3)nc2s1. The van der Waals surface area contributed by atoms with Gasteiger partial charge in [0.05, 0.1) is 31.8 Å². The summed E-state index contributed by atoms with van der Waals surface area (Å²) in [6.07, 6.45) is 10.5. The number of halogens is 3. The van der Waals surface area contributed by atoms with E-state index in [2.05, 4.69) is 45.2 Å². The van der Waals surface area contributed by atoms with Crippen molar-refractivity contribution in [2.75, 3.05) is 18.7 Å². The molecule has 0 amide bonds. The average Bonchev–Trinajstić information content (AvgIpc) is 3.79. The molecule has 0 aliphatic carbocycles. The van der Waals surface area contributed by atoms with Crippen LogP contribution in [0.4, 0.5) is 5.82 Å². The third-order valence-corrected chi connectivity index (χ3v) is 9.01. The summed E-state index contributed by atoms with van der Waals surface area (Å²) in [5.74, 6) is 3.28. The first-order valence-corrected chi connectivity index (χ1v) is 16.0. The van der Waals surface area contributed by atoms with Crippen molar-refractivity contribution in [2.24, 2.45) is 0 Å². The standard InChI is InChI=1S/C19H14ClN5O2S.C10H4Cl2N4S/c20-16-8-12-17(23-4-3-11-1-2-14-15(7-11)27-10-26-14)24-18(25-19(12)28-16)13-9-21-5-6-22-13;11-7-3-5-8(12)15-9(16-10(5)17-7)6-4-13-1-2-14-6/h1-2,5-9H,3-4,10H2,(H,23,24,25);1-4H. The van der Waals surface area contributed by atoms with Gasteiger partial charge in [-0.25, -0.2) is 29.9 Å². The molecule has 0 bridgehead atoms. The van der Waals surface area contributed by atoms with Crippen molar-refractivity contribution in [1.82, 2.24) is 39.9 Å².